The van der Waals surface area contributed by atoms with Crippen LogP contribution in [0.1, 0.15) is 62.2 Å². The molecule has 260 valence electrons. The zero-order valence-corrected chi connectivity index (χ0v) is 27.6. The van der Waals surface area contributed by atoms with Crippen molar-refractivity contribution in [2.24, 2.45) is 0 Å². The first-order valence-corrected chi connectivity index (χ1v) is 16.4. The molecule has 0 saturated heterocycles. The van der Waals surface area contributed by atoms with Crippen molar-refractivity contribution < 1.29 is 51.3 Å². The maximum absolute atomic E-state index is 14.9. The van der Waals surface area contributed by atoms with Crippen LogP contribution in [-0.4, -0.2) is 69.0 Å². The standard InChI is InChI=1S/C33H37F4N3O7S/c1-30(2,3)48(44)40-31(4)18-46-28-23(31)16-26(39-27(28)19-5-8-21(34)9-6-19)32(43,33(35,36)37)17-38-29(42)20-7-12-24(45-14-13-41)25(15-20)47-22-10-11-22/h5-9,12,15-16,22,40-41,43H,10-11,13-14,17-18H2,1-4H3,(H,38,42). The van der Waals surface area contributed by atoms with Crippen molar-refractivity contribution in [1.29, 1.82) is 0 Å². The van der Waals surface area contributed by atoms with E-state index in [-0.39, 0.29) is 65.6 Å². The Hall–Kier alpha value is -3.63. The third-order valence-electron chi connectivity index (χ3n) is 7.83. The SMILES string of the molecule is CC1(N[S+]([O-])C(C)(C)C)COc2c1cc(C(O)(CNC(=O)c1ccc(OCCO)c(OC3CC3)c1)C(F)(F)F)nc2-c1ccc(F)cc1. The van der Waals surface area contributed by atoms with Gasteiger partial charge >= 0.3 is 6.18 Å². The fourth-order valence-electron chi connectivity index (χ4n) is 4.87. The molecule has 1 aliphatic heterocycles. The van der Waals surface area contributed by atoms with Crippen molar-refractivity contribution in [2.75, 3.05) is 26.4 Å². The summed E-state index contributed by atoms with van der Waals surface area (Å²) in [6.45, 7) is 5.00. The molecule has 0 spiro atoms. The van der Waals surface area contributed by atoms with E-state index in [2.05, 4.69) is 15.0 Å². The van der Waals surface area contributed by atoms with Crippen LogP contribution in [0.2, 0.25) is 0 Å². The molecular weight excluding hydrogens is 658 g/mol. The number of ether oxygens (including phenoxy) is 3. The summed E-state index contributed by atoms with van der Waals surface area (Å²) in [6.07, 6.45) is -3.87. The number of carbonyl (C=O) groups is 1. The number of alkyl halides is 3. The summed E-state index contributed by atoms with van der Waals surface area (Å²) >= 11 is -1.68. The number of aromatic nitrogens is 1. The first-order valence-electron chi connectivity index (χ1n) is 15.2. The van der Waals surface area contributed by atoms with Crippen LogP contribution in [-0.2, 0) is 22.5 Å². The monoisotopic (exact) mass is 695 g/mol. The first-order chi connectivity index (χ1) is 22.4. The van der Waals surface area contributed by atoms with Gasteiger partial charge in [-0.05, 0) is 89.1 Å². The van der Waals surface area contributed by atoms with Gasteiger partial charge in [0.05, 0.1) is 24.9 Å². The number of hydrogen-bond acceptors (Lipinski definition) is 9. The smallest absolute Gasteiger partial charge is 0.424 e. The van der Waals surface area contributed by atoms with Gasteiger partial charge in [0.25, 0.3) is 5.91 Å². The van der Waals surface area contributed by atoms with E-state index in [0.29, 0.717) is 0 Å². The average molecular weight is 696 g/mol. The van der Waals surface area contributed by atoms with Crippen LogP contribution in [0.25, 0.3) is 11.3 Å². The number of hydrogen-bond donors (Lipinski definition) is 4. The first kappa shape index (κ1) is 35.7. The number of fused-ring (bicyclic) bond motifs is 1. The van der Waals surface area contributed by atoms with Crippen molar-refractivity contribution in [1.82, 2.24) is 15.0 Å². The van der Waals surface area contributed by atoms with E-state index in [0.717, 1.165) is 31.0 Å². The second-order valence-corrected chi connectivity index (χ2v) is 14.9. The third-order valence-corrected chi connectivity index (χ3v) is 9.58. The van der Waals surface area contributed by atoms with Gasteiger partial charge in [0.2, 0.25) is 5.60 Å². The van der Waals surface area contributed by atoms with Crippen LogP contribution < -0.4 is 24.2 Å². The Morgan fingerprint density at radius 2 is 1.81 bits per heavy atom. The van der Waals surface area contributed by atoms with Gasteiger partial charge in [0, 0.05) is 28.1 Å². The second-order valence-electron chi connectivity index (χ2n) is 12.9. The lowest BCUT2D eigenvalue weighted by Crippen LogP contribution is -2.52. The summed E-state index contributed by atoms with van der Waals surface area (Å²) in [7, 11) is 0. The molecule has 2 aromatic carbocycles. The maximum atomic E-state index is 14.9. The lowest BCUT2D eigenvalue weighted by Gasteiger charge is -2.33. The Balaban J connectivity index is 1.53. The van der Waals surface area contributed by atoms with Gasteiger partial charge < -0.3 is 34.3 Å². The third kappa shape index (κ3) is 7.49. The van der Waals surface area contributed by atoms with E-state index in [9.17, 15) is 32.0 Å². The van der Waals surface area contributed by atoms with E-state index in [1.807, 2.05) is 0 Å². The zero-order chi connectivity index (χ0) is 35.1. The van der Waals surface area contributed by atoms with Gasteiger partial charge in [0.1, 0.15) is 35.0 Å². The van der Waals surface area contributed by atoms with Crippen LogP contribution in [0.4, 0.5) is 17.6 Å². The molecule has 0 radical (unpaired) electrons. The molecule has 2 heterocycles. The molecule has 1 aromatic heterocycles. The molecule has 4 N–H and O–H groups in total. The predicted octanol–water partition coefficient (Wildman–Crippen LogP) is 4.64. The number of rotatable bonds is 12. The number of carbonyl (C=O) groups excluding carboxylic acids is 1. The van der Waals surface area contributed by atoms with Gasteiger partial charge in [0.15, 0.2) is 17.2 Å². The fraction of sp³-hybridized carbons (Fsp3) is 0.455. The molecule has 1 amide bonds. The van der Waals surface area contributed by atoms with E-state index < -0.39 is 57.4 Å². The molecule has 1 aliphatic carbocycles. The number of aliphatic hydroxyl groups excluding tert-OH is 1. The maximum Gasteiger partial charge on any atom is 0.424 e. The molecule has 3 atom stereocenters. The number of nitrogens with zero attached hydrogens (tertiary/aromatic N) is 1. The van der Waals surface area contributed by atoms with Gasteiger partial charge in [-0.15, -0.1) is 4.72 Å². The minimum absolute atomic E-state index is 0.0371. The Labute approximate surface area is 278 Å². The van der Waals surface area contributed by atoms with Gasteiger partial charge in [-0.2, -0.15) is 13.2 Å². The normalized spacial score (nSPS) is 19.6. The Kier molecular flexibility index (Phi) is 9.92. The molecule has 48 heavy (non-hydrogen) atoms. The molecule has 3 unspecified atom stereocenters. The Morgan fingerprint density at radius 1 is 1.12 bits per heavy atom. The van der Waals surface area contributed by atoms with E-state index >= 15 is 0 Å². The molecule has 1 fully saturated rings. The lowest BCUT2D eigenvalue weighted by molar-refractivity contribution is -0.265. The molecule has 3 aromatic rings. The van der Waals surface area contributed by atoms with Gasteiger partial charge in [-0.25, -0.2) is 9.37 Å². The highest BCUT2D eigenvalue weighted by molar-refractivity contribution is 7.90. The predicted molar refractivity (Wildman–Crippen MR) is 168 cm³/mol. The molecule has 2 aliphatic rings. The zero-order valence-electron chi connectivity index (χ0n) is 26.7. The number of nitrogens with one attached hydrogen (secondary N) is 2. The summed E-state index contributed by atoms with van der Waals surface area (Å²) < 4.78 is 91.0. The molecular formula is C33H37F4N3O7S. The highest BCUT2D eigenvalue weighted by atomic mass is 32.2. The highest BCUT2D eigenvalue weighted by Gasteiger charge is 2.57. The van der Waals surface area contributed by atoms with Crippen LogP contribution >= 0.6 is 0 Å². The summed E-state index contributed by atoms with van der Waals surface area (Å²) in [5, 5.41) is 22.7. The second kappa shape index (κ2) is 13.3. The van der Waals surface area contributed by atoms with Crippen LogP contribution in [0.3, 0.4) is 0 Å². The quantitative estimate of drug-likeness (QED) is 0.157. The number of pyridine rings is 1. The Morgan fingerprint density at radius 3 is 2.42 bits per heavy atom. The van der Waals surface area contributed by atoms with Crippen molar-refractivity contribution >= 4 is 17.3 Å². The highest BCUT2D eigenvalue weighted by Crippen LogP contribution is 2.47. The van der Waals surface area contributed by atoms with Crippen molar-refractivity contribution in [3.63, 3.8) is 0 Å². The van der Waals surface area contributed by atoms with Gasteiger partial charge in [-0.1, -0.05) is 0 Å². The van der Waals surface area contributed by atoms with Crippen LogP contribution in [0, 0.1) is 5.82 Å². The number of halogens is 4. The summed E-state index contributed by atoms with van der Waals surface area (Å²) in [5.74, 6) is -1.02. The summed E-state index contributed by atoms with van der Waals surface area (Å²) in [5.41, 5.74) is -5.68. The van der Waals surface area contributed by atoms with E-state index in [1.165, 1.54) is 30.3 Å². The van der Waals surface area contributed by atoms with Crippen molar-refractivity contribution in [2.45, 2.75) is 68.7 Å². The molecule has 5 rings (SSSR count). The molecule has 0 bridgehead atoms. The van der Waals surface area contributed by atoms with Crippen molar-refractivity contribution in [3.05, 3.63) is 71.2 Å². The van der Waals surface area contributed by atoms with E-state index in [1.54, 1.807) is 27.7 Å². The van der Waals surface area contributed by atoms with E-state index in [4.69, 9.17) is 19.3 Å². The number of amides is 1. The molecule has 10 nitrogen and oxygen atoms in total. The van der Waals surface area contributed by atoms with Gasteiger partial charge in [-0.3, -0.25) is 4.79 Å². The summed E-state index contributed by atoms with van der Waals surface area (Å²) in [6, 6.07) is 9.90. The average Bonchev–Trinajstić information content (AvgIpc) is 3.78. The van der Waals surface area contributed by atoms with Crippen LogP contribution in [0.15, 0.2) is 48.5 Å². The molecule has 1 saturated carbocycles. The largest absolute Gasteiger partial charge is 0.598 e. The van der Waals surface area contributed by atoms with Crippen molar-refractivity contribution in [3.8, 4) is 28.5 Å². The summed E-state index contributed by atoms with van der Waals surface area (Å²) in [4.78, 5) is 17.4. The fourth-order valence-corrected chi connectivity index (χ4v) is 5.75. The number of aliphatic hydroxyl groups is 2. The molecule has 15 heteroatoms. The Bertz CT molecular complexity index is 1650. The topological polar surface area (TPSA) is 145 Å². The van der Waals surface area contributed by atoms with Crippen LogP contribution in [0.5, 0.6) is 17.2 Å². The number of benzene rings is 2. The minimum Gasteiger partial charge on any atom is -0.598 e. The lowest BCUT2D eigenvalue weighted by atomic mass is 9.89. The minimum atomic E-state index is -5.35.